The first-order chi connectivity index (χ1) is 15.2. The zero-order valence-electron chi connectivity index (χ0n) is 18.6. The number of ether oxygens (including phenoxy) is 2. The van der Waals surface area contributed by atoms with Crippen molar-refractivity contribution in [3.05, 3.63) is 62.5 Å². The van der Waals surface area contributed by atoms with Gasteiger partial charge >= 0.3 is 11.9 Å². The van der Waals surface area contributed by atoms with Gasteiger partial charge in [-0.25, -0.2) is 9.59 Å². The molecule has 1 fully saturated rings. The topological polar surface area (TPSA) is 132 Å². The first-order valence-corrected chi connectivity index (χ1v) is 10.4. The lowest BCUT2D eigenvalue weighted by Gasteiger charge is -2.33. The zero-order valence-corrected chi connectivity index (χ0v) is 18.6. The number of hydrogen-bond donors (Lipinski definition) is 3. The van der Waals surface area contributed by atoms with Crippen LogP contribution in [-0.4, -0.2) is 55.8 Å². The van der Waals surface area contributed by atoms with Gasteiger partial charge in [0.05, 0.1) is 35.1 Å². The number of rotatable bonds is 6. The number of esters is 2. The van der Waals surface area contributed by atoms with Crippen LogP contribution in [0.5, 0.6) is 0 Å². The van der Waals surface area contributed by atoms with Gasteiger partial charge in [0.25, 0.3) is 5.69 Å². The van der Waals surface area contributed by atoms with E-state index in [1.165, 1.54) is 25.3 Å². The molecule has 0 bridgehead atoms. The van der Waals surface area contributed by atoms with Gasteiger partial charge in [0.2, 0.25) is 0 Å². The molecule has 0 amide bonds. The van der Waals surface area contributed by atoms with E-state index in [-0.39, 0.29) is 22.9 Å². The fraction of sp³-hybridized carbons (Fsp3) is 0.455. The Bertz CT molecular complexity index is 980. The number of benzene rings is 1. The van der Waals surface area contributed by atoms with Crippen LogP contribution >= 0.6 is 0 Å². The average molecular weight is 444 g/mol. The quantitative estimate of drug-likeness (QED) is 0.339. The lowest BCUT2D eigenvalue weighted by atomic mass is 9.80. The number of dihydropyridines is 1. The largest absolute Gasteiger partial charge is 0.466 e. The lowest BCUT2D eigenvalue weighted by Crippen LogP contribution is -2.54. The third kappa shape index (κ3) is 4.81. The average Bonchev–Trinajstić information content (AvgIpc) is 2.78. The molecule has 3 rings (SSSR count). The number of non-ortho nitro benzene ring substituents is 1. The van der Waals surface area contributed by atoms with Crippen LogP contribution in [0.4, 0.5) is 5.69 Å². The SMILES string of the molecule is COC(=O)C1=C(C)NC(C)=C(C(=O)OC(C)C2CNCCN2)C1c1cccc([N+](=O)[O-])c1. The fourth-order valence-electron chi connectivity index (χ4n) is 4.12. The van der Waals surface area contributed by atoms with E-state index in [9.17, 15) is 19.7 Å². The van der Waals surface area contributed by atoms with Gasteiger partial charge < -0.3 is 25.4 Å². The van der Waals surface area contributed by atoms with Crippen molar-refractivity contribution in [2.24, 2.45) is 0 Å². The normalized spacial score (nSPS) is 22.1. The minimum absolute atomic E-state index is 0.0567. The number of carbonyl (C=O) groups excluding carboxylic acids is 2. The number of nitrogens with zero attached hydrogens (tertiary/aromatic N) is 1. The van der Waals surface area contributed by atoms with Crippen molar-refractivity contribution < 1.29 is 24.0 Å². The van der Waals surface area contributed by atoms with E-state index in [0.717, 1.165) is 13.1 Å². The Balaban J connectivity index is 2.02. The highest BCUT2D eigenvalue weighted by atomic mass is 16.6. The molecule has 3 atom stereocenters. The maximum absolute atomic E-state index is 13.4. The number of piperazine rings is 1. The standard InChI is InChI=1S/C22H28N4O6/c1-12-18(21(27)31-4)20(15-6-5-7-16(10-15)26(29)30)19(13(2)25-12)22(28)32-14(3)17-11-23-8-9-24-17/h5-7,10,14,17,20,23-25H,8-9,11H2,1-4H3. The predicted octanol–water partition coefficient (Wildman–Crippen LogP) is 1.50. The number of nitro groups is 1. The molecule has 2 aliphatic heterocycles. The van der Waals surface area contributed by atoms with E-state index in [4.69, 9.17) is 9.47 Å². The lowest BCUT2D eigenvalue weighted by molar-refractivity contribution is -0.384. The fourth-order valence-corrected chi connectivity index (χ4v) is 4.12. The van der Waals surface area contributed by atoms with Crippen LogP contribution in [-0.2, 0) is 19.1 Å². The first kappa shape index (κ1) is 23.4. The van der Waals surface area contributed by atoms with Gasteiger partial charge in [-0.2, -0.15) is 0 Å². The Morgan fingerprint density at radius 3 is 2.44 bits per heavy atom. The van der Waals surface area contributed by atoms with Crippen LogP contribution in [0.3, 0.4) is 0 Å². The Kier molecular flexibility index (Phi) is 7.26. The molecule has 3 unspecified atom stereocenters. The van der Waals surface area contributed by atoms with Gasteiger partial charge in [-0.15, -0.1) is 0 Å². The molecule has 0 spiro atoms. The van der Waals surface area contributed by atoms with Gasteiger partial charge in [0.15, 0.2) is 0 Å². The molecule has 32 heavy (non-hydrogen) atoms. The van der Waals surface area contributed by atoms with E-state index < -0.39 is 28.9 Å². The number of carbonyl (C=O) groups is 2. The number of hydrogen-bond acceptors (Lipinski definition) is 9. The molecule has 0 aliphatic carbocycles. The Morgan fingerprint density at radius 2 is 1.84 bits per heavy atom. The van der Waals surface area contributed by atoms with Crippen molar-refractivity contribution in [3.8, 4) is 0 Å². The molecule has 0 aromatic heterocycles. The molecule has 10 heteroatoms. The number of nitrogens with one attached hydrogen (secondary N) is 3. The molecular formula is C22H28N4O6. The van der Waals surface area contributed by atoms with Crippen LogP contribution in [0.15, 0.2) is 46.8 Å². The highest BCUT2D eigenvalue weighted by Gasteiger charge is 2.39. The number of nitro benzene ring substituents is 1. The molecule has 1 aromatic carbocycles. The van der Waals surface area contributed by atoms with Crippen molar-refractivity contribution in [1.82, 2.24) is 16.0 Å². The predicted molar refractivity (Wildman–Crippen MR) is 117 cm³/mol. The monoisotopic (exact) mass is 444 g/mol. The smallest absolute Gasteiger partial charge is 0.337 e. The highest BCUT2D eigenvalue weighted by Crippen LogP contribution is 2.40. The third-order valence-corrected chi connectivity index (χ3v) is 5.73. The van der Waals surface area contributed by atoms with Crippen LogP contribution in [0.1, 0.15) is 32.3 Å². The minimum Gasteiger partial charge on any atom is -0.466 e. The molecule has 0 saturated carbocycles. The summed E-state index contributed by atoms with van der Waals surface area (Å²) in [5.74, 6) is -2.10. The van der Waals surface area contributed by atoms with Crippen molar-refractivity contribution in [2.75, 3.05) is 26.7 Å². The highest BCUT2D eigenvalue weighted by molar-refractivity contribution is 6.00. The molecule has 2 heterocycles. The summed E-state index contributed by atoms with van der Waals surface area (Å²) in [6, 6.07) is 5.84. The van der Waals surface area contributed by atoms with Gasteiger partial charge in [-0.3, -0.25) is 10.1 Å². The summed E-state index contributed by atoms with van der Waals surface area (Å²) in [7, 11) is 1.25. The van der Waals surface area contributed by atoms with Gasteiger partial charge in [-0.05, 0) is 26.3 Å². The summed E-state index contributed by atoms with van der Waals surface area (Å²) in [4.78, 5) is 36.9. The molecule has 0 radical (unpaired) electrons. The summed E-state index contributed by atoms with van der Waals surface area (Å²) in [6.45, 7) is 7.48. The van der Waals surface area contributed by atoms with Crippen LogP contribution < -0.4 is 16.0 Å². The summed E-state index contributed by atoms with van der Waals surface area (Å²) >= 11 is 0. The van der Waals surface area contributed by atoms with Gasteiger partial charge in [-0.1, -0.05) is 12.1 Å². The summed E-state index contributed by atoms with van der Waals surface area (Å²) in [6.07, 6.45) is -0.435. The second-order valence-electron chi connectivity index (χ2n) is 7.85. The van der Waals surface area contributed by atoms with E-state index in [2.05, 4.69) is 16.0 Å². The molecule has 10 nitrogen and oxygen atoms in total. The first-order valence-electron chi connectivity index (χ1n) is 10.4. The molecule has 1 aromatic rings. The maximum atomic E-state index is 13.4. The molecule has 3 N–H and O–H groups in total. The van der Waals surface area contributed by atoms with E-state index in [1.54, 1.807) is 26.8 Å². The number of methoxy groups -OCH3 is 1. The second-order valence-corrected chi connectivity index (χ2v) is 7.85. The molecular weight excluding hydrogens is 416 g/mol. The summed E-state index contributed by atoms with van der Waals surface area (Å²) in [5.41, 5.74) is 1.73. The molecule has 172 valence electrons. The second kappa shape index (κ2) is 9.92. The Labute approximate surface area is 186 Å². The molecule has 1 saturated heterocycles. The van der Waals surface area contributed by atoms with Crippen molar-refractivity contribution in [2.45, 2.75) is 38.8 Å². The molecule has 2 aliphatic rings. The summed E-state index contributed by atoms with van der Waals surface area (Å²) < 4.78 is 10.7. The Hall–Kier alpha value is -3.24. The summed E-state index contributed by atoms with van der Waals surface area (Å²) in [5, 5.41) is 21.0. The van der Waals surface area contributed by atoms with Crippen LogP contribution in [0.25, 0.3) is 0 Å². The van der Waals surface area contributed by atoms with Crippen molar-refractivity contribution in [1.29, 1.82) is 0 Å². The van der Waals surface area contributed by atoms with E-state index >= 15 is 0 Å². The van der Waals surface area contributed by atoms with E-state index in [0.29, 0.717) is 23.5 Å². The van der Waals surface area contributed by atoms with Crippen LogP contribution in [0, 0.1) is 10.1 Å². The Morgan fingerprint density at radius 1 is 1.16 bits per heavy atom. The van der Waals surface area contributed by atoms with Gasteiger partial charge in [0, 0.05) is 43.2 Å². The number of allylic oxidation sites excluding steroid dienone is 2. The van der Waals surface area contributed by atoms with Crippen molar-refractivity contribution in [3.63, 3.8) is 0 Å². The van der Waals surface area contributed by atoms with Crippen LogP contribution in [0.2, 0.25) is 0 Å². The minimum atomic E-state index is -0.874. The van der Waals surface area contributed by atoms with E-state index in [1.807, 2.05) is 0 Å². The zero-order chi connectivity index (χ0) is 23.4. The van der Waals surface area contributed by atoms with Gasteiger partial charge in [0.1, 0.15) is 6.10 Å². The van der Waals surface area contributed by atoms with Crippen molar-refractivity contribution >= 4 is 17.6 Å². The third-order valence-electron chi connectivity index (χ3n) is 5.73. The maximum Gasteiger partial charge on any atom is 0.337 e.